The molecule has 1 aromatic carbocycles. The van der Waals surface area contributed by atoms with Crippen LogP contribution in [0, 0.1) is 12.8 Å². The zero-order chi connectivity index (χ0) is 14.0. The molecule has 0 aliphatic carbocycles. The maximum absolute atomic E-state index is 12.4. The Hall–Kier alpha value is -2.04. The molecule has 0 spiro atoms. The minimum absolute atomic E-state index is 0.118. The van der Waals surface area contributed by atoms with E-state index in [0.29, 0.717) is 24.3 Å². The molecule has 2 amide bonds. The van der Waals surface area contributed by atoms with Gasteiger partial charge in [0, 0.05) is 18.8 Å². The molecule has 4 N–H and O–H groups in total. The number of carbonyl (C=O) groups is 2. The van der Waals surface area contributed by atoms with Crippen molar-refractivity contribution in [1.29, 1.82) is 0 Å². The zero-order valence-electron chi connectivity index (χ0n) is 11.1. The monoisotopic (exact) mass is 261 g/mol. The van der Waals surface area contributed by atoms with Gasteiger partial charge in [-0.25, -0.2) is 0 Å². The van der Waals surface area contributed by atoms with Crippen LogP contribution in [0.5, 0.6) is 0 Å². The second kappa shape index (κ2) is 5.30. The van der Waals surface area contributed by atoms with E-state index in [-0.39, 0.29) is 17.7 Å². The van der Waals surface area contributed by atoms with Crippen LogP contribution < -0.4 is 11.5 Å². The van der Waals surface area contributed by atoms with E-state index >= 15 is 0 Å². The third-order valence-corrected chi connectivity index (χ3v) is 3.55. The van der Waals surface area contributed by atoms with Gasteiger partial charge in [-0.05, 0) is 31.9 Å². The maximum Gasteiger partial charge on any atom is 0.255 e. The van der Waals surface area contributed by atoms with Gasteiger partial charge >= 0.3 is 0 Å². The number of rotatable bonds is 2. The fraction of sp³-hybridized carbons (Fsp3) is 0.429. The van der Waals surface area contributed by atoms with E-state index in [0.717, 1.165) is 18.4 Å². The van der Waals surface area contributed by atoms with Crippen LogP contribution in [0.1, 0.15) is 28.8 Å². The van der Waals surface area contributed by atoms with Crippen LogP contribution >= 0.6 is 0 Å². The molecule has 1 saturated heterocycles. The number of piperidine rings is 1. The Morgan fingerprint density at radius 3 is 2.79 bits per heavy atom. The summed E-state index contributed by atoms with van der Waals surface area (Å²) in [6.45, 7) is 2.95. The van der Waals surface area contributed by atoms with Crippen LogP contribution in [-0.2, 0) is 4.79 Å². The van der Waals surface area contributed by atoms with E-state index in [2.05, 4.69) is 0 Å². The van der Waals surface area contributed by atoms with Crippen LogP contribution in [0.2, 0.25) is 0 Å². The highest BCUT2D eigenvalue weighted by molar-refractivity contribution is 5.99. The van der Waals surface area contributed by atoms with Crippen molar-refractivity contribution in [2.75, 3.05) is 18.8 Å². The third kappa shape index (κ3) is 2.86. The lowest BCUT2D eigenvalue weighted by molar-refractivity contribution is -0.123. The highest BCUT2D eigenvalue weighted by Gasteiger charge is 2.28. The van der Waals surface area contributed by atoms with Gasteiger partial charge < -0.3 is 16.4 Å². The smallest absolute Gasteiger partial charge is 0.255 e. The molecule has 0 bridgehead atoms. The molecule has 2 rings (SSSR count). The van der Waals surface area contributed by atoms with E-state index in [1.807, 2.05) is 13.0 Å². The maximum atomic E-state index is 12.4. The molecule has 1 heterocycles. The van der Waals surface area contributed by atoms with E-state index < -0.39 is 0 Å². The van der Waals surface area contributed by atoms with Gasteiger partial charge in [0.1, 0.15) is 0 Å². The molecule has 0 aromatic heterocycles. The molecule has 19 heavy (non-hydrogen) atoms. The van der Waals surface area contributed by atoms with Gasteiger partial charge in [0.15, 0.2) is 0 Å². The topological polar surface area (TPSA) is 89.4 Å². The Kier molecular flexibility index (Phi) is 3.74. The number of aryl methyl sites for hydroxylation is 1. The molecule has 0 saturated carbocycles. The summed E-state index contributed by atoms with van der Waals surface area (Å²) in [6.07, 6.45) is 1.55. The Bertz CT molecular complexity index is 513. The highest BCUT2D eigenvalue weighted by Crippen LogP contribution is 2.21. The number of hydrogen-bond donors (Lipinski definition) is 2. The molecule has 5 heteroatoms. The predicted octanol–water partition coefficient (Wildman–Crippen LogP) is 0.915. The molecule has 0 radical (unpaired) electrons. The second-order valence-corrected chi connectivity index (χ2v) is 5.08. The number of benzene rings is 1. The van der Waals surface area contributed by atoms with Crippen molar-refractivity contribution in [2.24, 2.45) is 11.7 Å². The summed E-state index contributed by atoms with van der Waals surface area (Å²) in [5.41, 5.74) is 13.1. The molecule has 5 nitrogen and oxygen atoms in total. The molecule has 1 unspecified atom stereocenters. The number of carbonyl (C=O) groups excluding carboxylic acids is 2. The standard InChI is InChI=1S/C14H19N3O2/c1-9-4-5-12(15)11(7-9)14(19)17-6-2-3-10(8-17)13(16)18/h4-5,7,10H,2-3,6,8,15H2,1H3,(H2,16,18). The Morgan fingerprint density at radius 1 is 1.37 bits per heavy atom. The van der Waals surface area contributed by atoms with Gasteiger partial charge in [-0.3, -0.25) is 9.59 Å². The molecule has 1 aromatic rings. The van der Waals surface area contributed by atoms with Gasteiger partial charge in [0.25, 0.3) is 5.91 Å². The molecular formula is C14H19N3O2. The minimum atomic E-state index is -0.338. The van der Waals surface area contributed by atoms with Crippen LogP contribution in [0.25, 0.3) is 0 Å². The summed E-state index contributed by atoms with van der Waals surface area (Å²) in [5.74, 6) is -0.703. The Balaban J connectivity index is 2.19. The minimum Gasteiger partial charge on any atom is -0.398 e. The fourth-order valence-corrected chi connectivity index (χ4v) is 2.42. The normalized spacial score (nSPS) is 19.2. The lowest BCUT2D eigenvalue weighted by Crippen LogP contribution is -2.44. The summed E-state index contributed by atoms with van der Waals surface area (Å²) < 4.78 is 0. The summed E-state index contributed by atoms with van der Waals surface area (Å²) in [5, 5.41) is 0. The van der Waals surface area contributed by atoms with Crippen molar-refractivity contribution in [3.8, 4) is 0 Å². The van der Waals surface area contributed by atoms with Crippen LogP contribution in [0.4, 0.5) is 5.69 Å². The number of amides is 2. The summed E-state index contributed by atoms with van der Waals surface area (Å²) in [7, 11) is 0. The highest BCUT2D eigenvalue weighted by atomic mass is 16.2. The fourth-order valence-electron chi connectivity index (χ4n) is 2.42. The van der Waals surface area contributed by atoms with E-state index in [4.69, 9.17) is 11.5 Å². The van der Waals surface area contributed by atoms with Gasteiger partial charge in [0.05, 0.1) is 11.5 Å². The molecule has 1 fully saturated rings. The largest absolute Gasteiger partial charge is 0.398 e. The zero-order valence-corrected chi connectivity index (χ0v) is 11.1. The first-order valence-electron chi connectivity index (χ1n) is 6.43. The lowest BCUT2D eigenvalue weighted by atomic mass is 9.96. The first kappa shape index (κ1) is 13.4. The number of nitrogen functional groups attached to an aromatic ring is 1. The first-order valence-corrected chi connectivity index (χ1v) is 6.43. The van der Waals surface area contributed by atoms with Crippen molar-refractivity contribution >= 4 is 17.5 Å². The first-order chi connectivity index (χ1) is 8.99. The Labute approximate surface area is 112 Å². The van der Waals surface area contributed by atoms with Crippen molar-refractivity contribution < 1.29 is 9.59 Å². The van der Waals surface area contributed by atoms with E-state index in [9.17, 15) is 9.59 Å². The summed E-state index contributed by atoms with van der Waals surface area (Å²) in [4.78, 5) is 25.3. The number of likely N-dealkylation sites (tertiary alicyclic amines) is 1. The molecule has 1 aliphatic heterocycles. The predicted molar refractivity (Wildman–Crippen MR) is 73.4 cm³/mol. The number of anilines is 1. The van der Waals surface area contributed by atoms with E-state index in [1.165, 1.54) is 0 Å². The van der Waals surface area contributed by atoms with Gasteiger partial charge in [-0.1, -0.05) is 11.6 Å². The van der Waals surface area contributed by atoms with Crippen molar-refractivity contribution in [3.05, 3.63) is 29.3 Å². The van der Waals surface area contributed by atoms with Crippen LogP contribution in [0.3, 0.4) is 0 Å². The van der Waals surface area contributed by atoms with Gasteiger partial charge in [-0.15, -0.1) is 0 Å². The molecule has 102 valence electrons. The number of hydrogen-bond acceptors (Lipinski definition) is 3. The van der Waals surface area contributed by atoms with Gasteiger partial charge in [0.2, 0.25) is 5.91 Å². The number of primary amides is 1. The lowest BCUT2D eigenvalue weighted by Gasteiger charge is -2.31. The average Bonchev–Trinajstić information content (AvgIpc) is 2.41. The third-order valence-electron chi connectivity index (χ3n) is 3.55. The molecule has 1 atom stereocenters. The van der Waals surface area contributed by atoms with Crippen LogP contribution in [-0.4, -0.2) is 29.8 Å². The quantitative estimate of drug-likeness (QED) is 0.775. The van der Waals surface area contributed by atoms with Crippen molar-refractivity contribution in [1.82, 2.24) is 4.90 Å². The van der Waals surface area contributed by atoms with Crippen molar-refractivity contribution in [3.63, 3.8) is 0 Å². The van der Waals surface area contributed by atoms with Gasteiger partial charge in [-0.2, -0.15) is 0 Å². The number of nitrogens with zero attached hydrogens (tertiary/aromatic N) is 1. The molecule has 1 aliphatic rings. The van der Waals surface area contributed by atoms with Crippen LogP contribution in [0.15, 0.2) is 18.2 Å². The molecular weight excluding hydrogens is 242 g/mol. The summed E-state index contributed by atoms with van der Waals surface area (Å²) >= 11 is 0. The SMILES string of the molecule is Cc1ccc(N)c(C(=O)N2CCCC(C(N)=O)C2)c1. The van der Waals surface area contributed by atoms with Crippen molar-refractivity contribution in [2.45, 2.75) is 19.8 Å². The van der Waals surface area contributed by atoms with E-state index in [1.54, 1.807) is 17.0 Å². The second-order valence-electron chi connectivity index (χ2n) is 5.08. The Morgan fingerprint density at radius 2 is 2.11 bits per heavy atom. The number of nitrogens with two attached hydrogens (primary N) is 2. The average molecular weight is 261 g/mol. The summed E-state index contributed by atoms with van der Waals surface area (Å²) in [6, 6.07) is 5.39.